The predicted octanol–water partition coefficient (Wildman–Crippen LogP) is 4.57. The molecule has 0 saturated carbocycles. The number of carbonyl (C=O) groups excluding carboxylic acids is 1. The fraction of sp³-hybridized carbons (Fsp3) is 0.933. The number of esters is 1. The highest BCUT2D eigenvalue weighted by Gasteiger charge is 2.22. The van der Waals surface area contributed by atoms with Gasteiger partial charge in [-0.25, -0.2) is 0 Å². The van der Waals surface area contributed by atoms with Crippen LogP contribution in [-0.4, -0.2) is 12.6 Å². The van der Waals surface area contributed by atoms with Gasteiger partial charge in [0.1, 0.15) is 0 Å². The van der Waals surface area contributed by atoms with Gasteiger partial charge < -0.3 is 4.74 Å². The summed E-state index contributed by atoms with van der Waals surface area (Å²) in [6, 6.07) is 0. The van der Waals surface area contributed by atoms with Crippen molar-refractivity contribution in [3.63, 3.8) is 0 Å². The fourth-order valence-electron chi connectivity index (χ4n) is 1.57. The normalized spacial score (nSPS) is 11.9. The maximum Gasteiger partial charge on any atom is 0.311 e. The van der Waals surface area contributed by atoms with Crippen LogP contribution in [0.5, 0.6) is 0 Å². The lowest BCUT2D eigenvalue weighted by atomic mass is 9.97. The van der Waals surface area contributed by atoms with Gasteiger partial charge in [0.2, 0.25) is 0 Å². The molecule has 0 aromatic rings. The molecule has 0 aliphatic rings. The van der Waals surface area contributed by atoms with Crippen LogP contribution in [-0.2, 0) is 9.53 Å². The molecule has 0 N–H and O–H groups in total. The van der Waals surface area contributed by atoms with E-state index >= 15 is 0 Å². The Hall–Kier alpha value is -0.530. The van der Waals surface area contributed by atoms with E-state index in [2.05, 4.69) is 13.8 Å². The SMILES string of the molecule is CC(C)CCCCCCCOC(=O)C(C)(C)C. The van der Waals surface area contributed by atoms with Crippen LogP contribution in [0.15, 0.2) is 0 Å². The number of rotatable bonds is 8. The third-order valence-electron chi connectivity index (χ3n) is 2.77. The molecule has 0 unspecified atom stereocenters. The van der Waals surface area contributed by atoms with Crippen LogP contribution in [0.3, 0.4) is 0 Å². The largest absolute Gasteiger partial charge is 0.465 e. The van der Waals surface area contributed by atoms with Gasteiger partial charge in [0.05, 0.1) is 12.0 Å². The van der Waals surface area contributed by atoms with E-state index in [1.165, 1.54) is 32.1 Å². The molecule has 0 atom stereocenters. The molecule has 102 valence electrons. The van der Waals surface area contributed by atoms with Crippen LogP contribution in [0, 0.1) is 11.3 Å². The summed E-state index contributed by atoms with van der Waals surface area (Å²) in [6.07, 6.45) is 7.42. The summed E-state index contributed by atoms with van der Waals surface area (Å²) in [5.74, 6) is 0.736. The van der Waals surface area contributed by atoms with Crippen LogP contribution in [0.1, 0.15) is 73.1 Å². The third kappa shape index (κ3) is 10.3. The van der Waals surface area contributed by atoms with Crippen molar-refractivity contribution >= 4 is 5.97 Å². The summed E-state index contributed by atoms with van der Waals surface area (Å²) in [6.45, 7) is 10.8. The first kappa shape index (κ1) is 16.5. The van der Waals surface area contributed by atoms with Crippen molar-refractivity contribution in [3.8, 4) is 0 Å². The molecule has 0 aromatic heterocycles. The first-order chi connectivity index (χ1) is 7.84. The Kier molecular flexibility index (Phi) is 8.28. The van der Waals surface area contributed by atoms with Crippen LogP contribution < -0.4 is 0 Å². The Morgan fingerprint density at radius 1 is 1.00 bits per heavy atom. The van der Waals surface area contributed by atoms with Crippen molar-refractivity contribution in [1.29, 1.82) is 0 Å². The molecule has 0 spiro atoms. The lowest BCUT2D eigenvalue weighted by molar-refractivity contribution is -0.153. The second-order valence-electron chi connectivity index (χ2n) is 6.34. The molecular weight excluding hydrogens is 212 g/mol. The van der Waals surface area contributed by atoms with Gasteiger partial charge in [-0.05, 0) is 33.1 Å². The Morgan fingerprint density at radius 2 is 1.53 bits per heavy atom. The van der Waals surface area contributed by atoms with Crippen molar-refractivity contribution in [3.05, 3.63) is 0 Å². The Labute approximate surface area is 107 Å². The molecule has 2 nitrogen and oxygen atoms in total. The molecule has 0 aliphatic heterocycles. The van der Waals surface area contributed by atoms with E-state index in [4.69, 9.17) is 4.74 Å². The van der Waals surface area contributed by atoms with Crippen LogP contribution in [0.25, 0.3) is 0 Å². The van der Waals surface area contributed by atoms with Gasteiger partial charge in [-0.1, -0.05) is 46.0 Å². The monoisotopic (exact) mass is 242 g/mol. The second kappa shape index (κ2) is 8.54. The van der Waals surface area contributed by atoms with Gasteiger partial charge >= 0.3 is 5.97 Å². The Bertz CT molecular complexity index is 201. The quantitative estimate of drug-likeness (QED) is 0.460. The zero-order valence-electron chi connectivity index (χ0n) is 12.3. The minimum Gasteiger partial charge on any atom is -0.465 e. The highest BCUT2D eigenvalue weighted by molar-refractivity contribution is 5.75. The topological polar surface area (TPSA) is 26.3 Å². The number of hydrogen-bond acceptors (Lipinski definition) is 2. The van der Waals surface area contributed by atoms with Crippen molar-refractivity contribution in [1.82, 2.24) is 0 Å². The van der Waals surface area contributed by atoms with Gasteiger partial charge in [-0.2, -0.15) is 0 Å². The summed E-state index contributed by atoms with van der Waals surface area (Å²) in [5.41, 5.74) is -0.364. The second-order valence-corrected chi connectivity index (χ2v) is 6.34. The highest BCUT2D eigenvalue weighted by Crippen LogP contribution is 2.15. The van der Waals surface area contributed by atoms with Crippen molar-refractivity contribution < 1.29 is 9.53 Å². The Balaban J connectivity index is 3.27. The number of unbranched alkanes of at least 4 members (excludes halogenated alkanes) is 4. The van der Waals surface area contributed by atoms with Gasteiger partial charge in [0, 0.05) is 0 Å². The lowest BCUT2D eigenvalue weighted by Gasteiger charge is -2.16. The average molecular weight is 242 g/mol. The number of carbonyl (C=O) groups is 1. The summed E-state index contributed by atoms with van der Waals surface area (Å²) in [7, 11) is 0. The van der Waals surface area contributed by atoms with E-state index in [1.807, 2.05) is 20.8 Å². The first-order valence-electron chi connectivity index (χ1n) is 7.01. The summed E-state index contributed by atoms with van der Waals surface area (Å²) < 4.78 is 5.21. The summed E-state index contributed by atoms with van der Waals surface area (Å²) in [5, 5.41) is 0. The first-order valence-corrected chi connectivity index (χ1v) is 7.01. The van der Waals surface area contributed by atoms with Gasteiger partial charge in [-0.15, -0.1) is 0 Å². The molecule has 0 radical (unpaired) electrons. The fourth-order valence-corrected chi connectivity index (χ4v) is 1.57. The van der Waals surface area contributed by atoms with Gasteiger partial charge in [0.15, 0.2) is 0 Å². The van der Waals surface area contributed by atoms with E-state index in [9.17, 15) is 4.79 Å². The van der Waals surface area contributed by atoms with E-state index in [1.54, 1.807) is 0 Å². The van der Waals surface area contributed by atoms with Crippen molar-refractivity contribution in [2.75, 3.05) is 6.61 Å². The molecular formula is C15H30O2. The maximum absolute atomic E-state index is 11.5. The number of hydrogen-bond donors (Lipinski definition) is 0. The zero-order chi connectivity index (χ0) is 13.3. The van der Waals surface area contributed by atoms with E-state index in [0.717, 1.165) is 12.3 Å². The van der Waals surface area contributed by atoms with E-state index in [-0.39, 0.29) is 11.4 Å². The number of ether oxygens (including phenoxy) is 1. The highest BCUT2D eigenvalue weighted by atomic mass is 16.5. The van der Waals surface area contributed by atoms with E-state index in [0.29, 0.717) is 6.61 Å². The zero-order valence-corrected chi connectivity index (χ0v) is 12.3. The molecule has 0 heterocycles. The third-order valence-corrected chi connectivity index (χ3v) is 2.77. The maximum atomic E-state index is 11.5. The molecule has 17 heavy (non-hydrogen) atoms. The minimum atomic E-state index is -0.364. The molecule has 2 heteroatoms. The molecule has 0 aromatic carbocycles. The standard InChI is InChI=1S/C15H30O2/c1-13(2)11-9-7-6-8-10-12-17-14(16)15(3,4)5/h13H,6-12H2,1-5H3. The Morgan fingerprint density at radius 3 is 2.06 bits per heavy atom. The van der Waals surface area contributed by atoms with E-state index < -0.39 is 0 Å². The smallest absolute Gasteiger partial charge is 0.311 e. The molecule has 0 rings (SSSR count). The summed E-state index contributed by atoms with van der Waals surface area (Å²) >= 11 is 0. The predicted molar refractivity (Wildman–Crippen MR) is 73.0 cm³/mol. The van der Waals surface area contributed by atoms with Gasteiger partial charge in [-0.3, -0.25) is 4.79 Å². The summed E-state index contributed by atoms with van der Waals surface area (Å²) in [4.78, 5) is 11.5. The molecule has 0 amide bonds. The molecule has 0 bridgehead atoms. The molecule has 0 aliphatic carbocycles. The minimum absolute atomic E-state index is 0.0858. The lowest BCUT2D eigenvalue weighted by Crippen LogP contribution is -2.23. The average Bonchev–Trinajstić information content (AvgIpc) is 2.19. The van der Waals surface area contributed by atoms with Crippen LogP contribution in [0.4, 0.5) is 0 Å². The van der Waals surface area contributed by atoms with Crippen LogP contribution in [0.2, 0.25) is 0 Å². The van der Waals surface area contributed by atoms with Crippen molar-refractivity contribution in [2.45, 2.75) is 73.1 Å². The van der Waals surface area contributed by atoms with Crippen LogP contribution >= 0.6 is 0 Å². The molecule has 0 fully saturated rings. The van der Waals surface area contributed by atoms with Crippen molar-refractivity contribution in [2.24, 2.45) is 11.3 Å². The molecule has 0 saturated heterocycles. The van der Waals surface area contributed by atoms with Gasteiger partial charge in [0.25, 0.3) is 0 Å².